The normalized spacial score (nSPS) is 13.3. The van der Waals surface area contributed by atoms with Gasteiger partial charge in [0.2, 0.25) is 10.0 Å². The molecule has 2 aromatic rings. The quantitative estimate of drug-likeness (QED) is 0.603. The summed E-state index contributed by atoms with van der Waals surface area (Å²) < 4.78 is 26.3. The molecule has 0 saturated heterocycles. The summed E-state index contributed by atoms with van der Waals surface area (Å²) in [7, 11) is -3.83. The van der Waals surface area contributed by atoms with Crippen molar-refractivity contribution in [2.24, 2.45) is 0 Å². The van der Waals surface area contributed by atoms with Gasteiger partial charge >= 0.3 is 5.97 Å². The topological polar surface area (TPSA) is 141 Å². The Hall–Kier alpha value is -2.20. The molecule has 10 heteroatoms. The van der Waals surface area contributed by atoms with Crippen molar-refractivity contribution in [2.45, 2.75) is 17.9 Å². The SMILES string of the molecule is CC(NS(=O)(=O)c1c[nH]c(C(=O)O)c1)c1ncn[nH]1. The maximum absolute atomic E-state index is 12.0. The highest BCUT2D eigenvalue weighted by Crippen LogP contribution is 2.14. The van der Waals surface area contributed by atoms with E-state index < -0.39 is 22.0 Å². The molecule has 0 aromatic carbocycles. The summed E-state index contributed by atoms with van der Waals surface area (Å²) in [4.78, 5) is 16.7. The number of sulfonamides is 1. The lowest BCUT2D eigenvalue weighted by molar-refractivity contribution is 0.0691. The molecule has 0 fully saturated rings. The van der Waals surface area contributed by atoms with Crippen molar-refractivity contribution in [1.29, 1.82) is 0 Å². The number of nitrogens with one attached hydrogen (secondary N) is 3. The molecule has 19 heavy (non-hydrogen) atoms. The minimum atomic E-state index is -3.83. The van der Waals surface area contributed by atoms with E-state index in [2.05, 4.69) is 24.9 Å². The molecular weight excluding hydrogens is 274 g/mol. The highest BCUT2D eigenvalue weighted by molar-refractivity contribution is 7.89. The Bertz CT molecular complexity index is 675. The first-order chi connectivity index (χ1) is 8.90. The minimum Gasteiger partial charge on any atom is -0.477 e. The molecule has 0 aliphatic heterocycles. The first-order valence-corrected chi connectivity index (χ1v) is 6.68. The van der Waals surface area contributed by atoms with Crippen LogP contribution in [0.4, 0.5) is 0 Å². The number of H-pyrrole nitrogens is 2. The van der Waals surface area contributed by atoms with E-state index in [4.69, 9.17) is 5.11 Å². The van der Waals surface area contributed by atoms with Gasteiger partial charge in [-0.25, -0.2) is 22.9 Å². The second-order valence-corrected chi connectivity index (χ2v) is 5.48. The number of aromatic amines is 2. The van der Waals surface area contributed by atoms with Gasteiger partial charge in [0.05, 0.1) is 6.04 Å². The predicted molar refractivity (Wildman–Crippen MR) is 62.9 cm³/mol. The Morgan fingerprint density at radius 2 is 2.26 bits per heavy atom. The van der Waals surface area contributed by atoms with Crippen LogP contribution in [0.5, 0.6) is 0 Å². The molecule has 0 saturated carbocycles. The van der Waals surface area contributed by atoms with Gasteiger partial charge in [0.1, 0.15) is 22.7 Å². The van der Waals surface area contributed by atoms with Crippen molar-refractivity contribution >= 4 is 16.0 Å². The van der Waals surface area contributed by atoms with E-state index in [1.54, 1.807) is 6.92 Å². The molecule has 2 rings (SSSR count). The van der Waals surface area contributed by atoms with Gasteiger partial charge in [0.15, 0.2) is 0 Å². The standard InChI is InChI=1S/C9H11N5O4S/c1-5(8-11-4-12-13-8)14-19(17,18)6-2-7(9(15)16)10-3-6/h2-5,10,14H,1H3,(H,15,16)(H,11,12,13). The molecule has 0 spiro atoms. The number of nitrogens with zero attached hydrogens (tertiary/aromatic N) is 2. The Labute approximate surface area is 108 Å². The Morgan fingerprint density at radius 3 is 2.79 bits per heavy atom. The van der Waals surface area contributed by atoms with Crippen LogP contribution in [0.1, 0.15) is 29.3 Å². The lowest BCUT2D eigenvalue weighted by Crippen LogP contribution is -2.27. The van der Waals surface area contributed by atoms with E-state index in [0.29, 0.717) is 5.82 Å². The van der Waals surface area contributed by atoms with Crippen molar-refractivity contribution < 1.29 is 18.3 Å². The van der Waals surface area contributed by atoms with Gasteiger partial charge in [-0.2, -0.15) is 5.10 Å². The first kappa shape index (κ1) is 13.2. The minimum absolute atomic E-state index is 0.156. The summed E-state index contributed by atoms with van der Waals surface area (Å²) in [5.74, 6) is -0.873. The molecule has 2 aromatic heterocycles. The van der Waals surface area contributed by atoms with Gasteiger partial charge in [-0.05, 0) is 13.0 Å². The van der Waals surface area contributed by atoms with E-state index in [-0.39, 0.29) is 10.6 Å². The second kappa shape index (κ2) is 4.82. The zero-order chi connectivity index (χ0) is 14.0. The molecule has 0 bridgehead atoms. The van der Waals surface area contributed by atoms with E-state index in [1.807, 2.05) is 0 Å². The fraction of sp³-hybridized carbons (Fsp3) is 0.222. The molecule has 0 aliphatic carbocycles. The van der Waals surface area contributed by atoms with E-state index >= 15 is 0 Å². The molecule has 0 amide bonds. The molecule has 1 atom stereocenters. The fourth-order valence-corrected chi connectivity index (χ4v) is 2.63. The van der Waals surface area contributed by atoms with Gasteiger partial charge in [-0.3, -0.25) is 5.10 Å². The summed E-state index contributed by atoms with van der Waals surface area (Å²) in [6, 6.07) is 0.424. The van der Waals surface area contributed by atoms with Crippen LogP contribution in [0.3, 0.4) is 0 Å². The van der Waals surface area contributed by atoms with Gasteiger partial charge in [0, 0.05) is 6.20 Å². The number of carboxylic acids is 1. The summed E-state index contributed by atoms with van der Waals surface area (Å²) >= 11 is 0. The van der Waals surface area contributed by atoms with Crippen molar-refractivity contribution in [3.63, 3.8) is 0 Å². The largest absolute Gasteiger partial charge is 0.477 e. The number of carbonyl (C=O) groups is 1. The predicted octanol–water partition coefficient (Wildman–Crippen LogP) is -0.130. The summed E-state index contributed by atoms with van der Waals surface area (Å²) in [5.41, 5.74) is -0.201. The van der Waals surface area contributed by atoms with Gasteiger partial charge in [-0.15, -0.1) is 0 Å². The van der Waals surface area contributed by atoms with Gasteiger partial charge < -0.3 is 10.1 Å². The van der Waals surface area contributed by atoms with Crippen LogP contribution in [-0.4, -0.2) is 39.7 Å². The summed E-state index contributed by atoms with van der Waals surface area (Å²) in [6.07, 6.45) is 2.37. The summed E-state index contributed by atoms with van der Waals surface area (Å²) in [6.45, 7) is 1.59. The average molecular weight is 285 g/mol. The molecule has 1 unspecified atom stereocenters. The summed E-state index contributed by atoms with van der Waals surface area (Å²) in [5, 5.41) is 14.9. The van der Waals surface area contributed by atoms with Crippen molar-refractivity contribution in [2.75, 3.05) is 0 Å². The highest BCUT2D eigenvalue weighted by Gasteiger charge is 2.22. The van der Waals surface area contributed by atoms with E-state index in [1.165, 1.54) is 6.33 Å². The third-order valence-electron chi connectivity index (χ3n) is 2.37. The fourth-order valence-electron chi connectivity index (χ4n) is 1.43. The molecule has 0 aliphatic rings. The Morgan fingerprint density at radius 1 is 1.53 bits per heavy atom. The molecule has 4 N–H and O–H groups in total. The van der Waals surface area contributed by atoms with Gasteiger partial charge in [-0.1, -0.05) is 0 Å². The maximum atomic E-state index is 12.0. The van der Waals surface area contributed by atoms with Gasteiger partial charge in [0.25, 0.3) is 0 Å². The highest BCUT2D eigenvalue weighted by atomic mass is 32.2. The third kappa shape index (κ3) is 2.80. The Kier molecular flexibility index (Phi) is 3.36. The smallest absolute Gasteiger partial charge is 0.352 e. The zero-order valence-corrected chi connectivity index (χ0v) is 10.6. The van der Waals surface area contributed by atoms with Crippen molar-refractivity contribution in [3.8, 4) is 0 Å². The number of carboxylic acid groups (broad SMARTS) is 1. The molecule has 102 valence electrons. The molecule has 2 heterocycles. The van der Waals surface area contributed by atoms with Crippen LogP contribution in [0.15, 0.2) is 23.5 Å². The van der Waals surface area contributed by atoms with Crippen molar-refractivity contribution in [3.05, 3.63) is 30.1 Å². The number of hydrogen-bond donors (Lipinski definition) is 4. The van der Waals surface area contributed by atoms with Crippen LogP contribution >= 0.6 is 0 Å². The van der Waals surface area contributed by atoms with Crippen molar-refractivity contribution in [1.82, 2.24) is 24.9 Å². The number of hydrogen-bond acceptors (Lipinski definition) is 5. The van der Waals surface area contributed by atoms with E-state index in [9.17, 15) is 13.2 Å². The lowest BCUT2D eigenvalue weighted by Gasteiger charge is -2.10. The number of aromatic carboxylic acids is 1. The van der Waals surface area contributed by atoms with E-state index in [0.717, 1.165) is 12.3 Å². The first-order valence-electron chi connectivity index (χ1n) is 5.19. The number of rotatable bonds is 5. The maximum Gasteiger partial charge on any atom is 0.352 e. The molecule has 9 nitrogen and oxygen atoms in total. The van der Waals surface area contributed by atoms with Crippen LogP contribution in [0, 0.1) is 0 Å². The zero-order valence-electron chi connectivity index (χ0n) is 9.78. The lowest BCUT2D eigenvalue weighted by atomic mass is 10.3. The van der Waals surface area contributed by atoms with Crippen LogP contribution < -0.4 is 4.72 Å². The molecular formula is C9H11N5O4S. The Balaban J connectivity index is 2.20. The van der Waals surface area contributed by atoms with Crippen LogP contribution in [0.2, 0.25) is 0 Å². The second-order valence-electron chi connectivity index (χ2n) is 3.77. The third-order valence-corrected chi connectivity index (χ3v) is 3.89. The average Bonchev–Trinajstić information content (AvgIpc) is 3.00. The monoisotopic (exact) mass is 285 g/mol. The van der Waals surface area contributed by atoms with Crippen LogP contribution in [-0.2, 0) is 10.0 Å². The van der Waals surface area contributed by atoms with Crippen LogP contribution in [0.25, 0.3) is 0 Å². The molecule has 0 radical (unpaired) electrons. The number of aromatic nitrogens is 4.